The van der Waals surface area contributed by atoms with Crippen molar-refractivity contribution in [1.82, 2.24) is 0 Å². The molecule has 3 aromatic rings. The summed E-state index contributed by atoms with van der Waals surface area (Å²) in [6, 6.07) is 23.2. The van der Waals surface area contributed by atoms with Crippen molar-refractivity contribution < 1.29 is 14.7 Å². The molecule has 2 bridgehead atoms. The van der Waals surface area contributed by atoms with E-state index in [-0.39, 0.29) is 17.7 Å². The van der Waals surface area contributed by atoms with Crippen molar-refractivity contribution >= 4 is 33.4 Å². The molecule has 0 radical (unpaired) electrons. The molecule has 1 N–H and O–H groups in total. The van der Waals surface area contributed by atoms with E-state index in [9.17, 15) is 14.7 Å². The molecule has 1 saturated heterocycles. The van der Waals surface area contributed by atoms with E-state index in [2.05, 4.69) is 15.9 Å². The first-order valence-corrected chi connectivity index (χ1v) is 11.3. The number of rotatable bonds is 2. The number of carbonyl (C=O) groups excluding carboxylic acids is 2. The van der Waals surface area contributed by atoms with Crippen molar-refractivity contribution in [3.63, 3.8) is 0 Å². The van der Waals surface area contributed by atoms with Crippen molar-refractivity contribution in [1.29, 1.82) is 0 Å². The molecule has 3 atom stereocenters. The van der Waals surface area contributed by atoms with Crippen molar-refractivity contribution in [2.24, 2.45) is 11.8 Å². The number of aliphatic hydroxyl groups is 1. The lowest BCUT2D eigenvalue weighted by atomic mass is 9.46. The first-order chi connectivity index (χ1) is 15.0. The number of imide groups is 1. The van der Waals surface area contributed by atoms with Crippen molar-refractivity contribution in [3.8, 4) is 0 Å². The van der Waals surface area contributed by atoms with E-state index in [0.717, 1.165) is 26.7 Å². The maximum absolute atomic E-state index is 14.0. The van der Waals surface area contributed by atoms with Gasteiger partial charge in [-0.3, -0.25) is 9.59 Å². The Balaban J connectivity index is 1.67. The molecule has 2 amide bonds. The first kappa shape index (κ1) is 19.0. The van der Waals surface area contributed by atoms with Crippen LogP contribution in [0.3, 0.4) is 0 Å². The standard InChI is InChI=1S/C26H20BrNO3/c1-14(29)26-19-11-4-2-9-17(19)21(18-10-3-5-12-20(18)26)22-23(26)25(31)28(24(22)30)16-8-6-7-15(27)13-16/h2-14,21-23,29H,1H3/t14?,21?,22-,23?,26?/m1/s1. The number of halogens is 1. The van der Waals surface area contributed by atoms with Crippen LogP contribution in [0.4, 0.5) is 5.69 Å². The summed E-state index contributed by atoms with van der Waals surface area (Å²) in [7, 11) is 0. The molecule has 3 aliphatic carbocycles. The Labute approximate surface area is 188 Å². The van der Waals surface area contributed by atoms with Crippen LogP contribution in [0.15, 0.2) is 77.3 Å². The van der Waals surface area contributed by atoms with Crippen LogP contribution in [-0.2, 0) is 15.0 Å². The second-order valence-electron chi connectivity index (χ2n) is 8.69. The van der Waals surface area contributed by atoms with Crippen LogP contribution < -0.4 is 4.90 Å². The molecular formula is C26H20BrNO3. The molecule has 4 nitrogen and oxygen atoms in total. The molecule has 0 spiro atoms. The van der Waals surface area contributed by atoms with E-state index in [0.29, 0.717) is 5.69 Å². The highest BCUT2D eigenvalue weighted by molar-refractivity contribution is 9.10. The molecule has 1 aliphatic heterocycles. The summed E-state index contributed by atoms with van der Waals surface area (Å²) in [5, 5.41) is 11.3. The number of nitrogens with zero attached hydrogens (tertiary/aromatic N) is 1. The van der Waals surface area contributed by atoms with Crippen molar-refractivity contribution in [3.05, 3.63) is 99.5 Å². The molecule has 0 saturated carbocycles. The molecule has 2 unspecified atom stereocenters. The molecule has 4 aliphatic rings. The summed E-state index contributed by atoms with van der Waals surface area (Å²) >= 11 is 3.45. The number of hydrogen-bond acceptors (Lipinski definition) is 3. The van der Waals surface area contributed by atoms with Crippen LogP contribution in [-0.4, -0.2) is 23.0 Å². The average molecular weight is 474 g/mol. The molecular weight excluding hydrogens is 454 g/mol. The van der Waals surface area contributed by atoms with Crippen LogP contribution in [0.1, 0.15) is 35.1 Å². The molecule has 1 heterocycles. The maximum atomic E-state index is 14.0. The lowest BCUT2D eigenvalue weighted by Crippen LogP contribution is -2.58. The largest absolute Gasteiger partial charge is 0.392 e. The van der Waals surface area contributed by atoms with Gasteiger partial charge in [0.15, 0.2) is 0 Å². The Morgan fingerprint density at radius 1 is 0.903 bits per heavy atom. The number of amides is 2. The fraction of sp³-hybridized carbons (Fsp3) is 0.231. The molecule has 0 aromatic heterocycles. The lowest BCUT2D eigenvalue weighted by Gasteiger charge is -2.55. The molecule has 5 heteroatoms. The topological polar surface area (TPSA) is 57.6 Å². The van der Waals surface area contributed by atoms with Gasteiger partial charge in [-0.2, -0.15) is 0 Å². The van der Waals surface area contributed by atoms with Crippen molar-refractivity contribution in [2.45, 2.75) is 24.4 Å². The number of benzene rings is 3. The maximum Gasteiger partial charge on any atom is 0.239 e. The van der Waals surface area contributed by atoms with Crippen LogP contribution in [0.2, 0.25) is 0 Å². The number of hydrogen-bond donors (Lipinski definition) is 1. The van der Waals surface area contributed by atoms with Gasteiger partial charge in [0.25, 0.3) is 0 Å². The Kier molecular flexibility index (Phi) is 3.90. The second-order valence-corrected chi connectivity index (χ2v) is 9.61. The van der Waals surface area contributed by atoms with Gasteiger partial charge in [-0.1, -0.05) is 70.5 Å². The Bertz CT molecular complexity index is 1220. The molecule has 154 valence electrons. The van der Waals surface area contributed by atoms with Gasteiger partial charge in [0.05, 0.1) is 29.0 Å². The summed E-state index contributed by atoms with van der Waals surface area (Å²) < 4.78 is 0.806. The minimum atomic E-state index is -0.958. The van der Waals surface area contributed by atoms with E-state index >= 15 is 0 Å². The lowest BCUT2D eigenvalue weighted by molar-refractivity contribution is -0.126. The van der Waals surface area contributed by atoms with E-state index in [1.165, 1.54) is 4.90 Å². The highest BCUT2D eigenvalue weighted by Crippen LogP contribution is 2.65. The van der Waals surface area contributed by atoms with Crippen LogP contribution in [0.5, 0.6) is 0 Å². The number of carbonyl (C=O) groups is 2. The van der Waals surface area contributed by atoms with Crippen molar-refractivity contribution in [2.75, 3.05) is 4.90 Å². The zero-order chi connectivity index (χ0) is 21.5. The Hall–Kier alpha value is -2.76. The summed E-state index contributed by atoms with van der Waals surface area (Å²) in [6.45, 7) is 1.75. The van der Waals surface area contributed by atoms with Gasteiger partial charge in [0.1, 0.15) is 0 Å². The van der Waals surface area contributed by atoms with E-state index in [1.54, 1.807) is 19.1 Å². The Morgan fingerprint density at radius 3 is 2.10 bits per heavy atom. The normalized spacial score (nSPS) is 28.9. The van der Waals surface area contributed by atoms with Gasteiger partial charge in [0.2, 0.25) is 11.8 Å². The summed E-state index contributed by atoms with van der Waals surface area (Å²) in [6.07, 6.45) is -0.845. The fourth-order valence-electron chi connectivity index (χ4n) is 6.41. The third-order valence-corrected chi connectivity index (χ3v) is 7.90. The van der Waals surface area contributed by atoms with Gasteiger partial charge >= 0.3 is 0 Å². The van der Waals surface area contributed by atoms with E-state index in [4.69, 9.17) is 0 Å². The number of aliphatic hydroxyl groups excluding tert-OH is 1. The minimum absolute atomic E-state index is 0.188. The molecule has 31 heavy (non-hydrogen) atoms. The fourth-order valence-corrected chi connectivity index (χ4v) is 6.80. The van der Waals surface area contributed by atoms with Crippen LogP contribution in [0, 0.1) is 11.8 Å². The van der Waals surface area contributed by atoms with Gasteiger partial charge in [-0.05, 0) is 47.4 Å². The highest BCUT2D eigenvalue weighted by atomic mass is 79.9. The Morgan fingerprint density at radius 2 is 1.52 bits per heavy atom. The monoisotopic (exact) mass is 473 g/mol. The van der Waals surface area contributed by atoms with Gasteiger partial charge < -0.3 is 5.11 Å². The first-order valence-electron chi connectivity index (χ1n) is 10.5. The summed E-state index contributed by atoms with van der Waals surface area (Å²) in [5.41, 5.74) is 3.62. The zero-order valence-electron chi connectivity index (χ0n) is 16.8. The van der Waals surface area contributed by atoms with Gasteiger partial charge in [0, 0.05) is 10.4 Å². The predicted molar refractivity (Wildman–Crippen MR) is 121 cm³/mol. The average Bonchev–Trinajstić information content (AvgIpc) is 3.04. The predicted octanol–water partition coefficient (Wildman–Crippen LogP) is 4.38. The molecule has 1 fully saturated rings. The molecule has 7 rings (SSSR count). The summed E-state index contributed by atoms with van der Waals surface area (Å²) in [5.74, 6) is -1.80. The SMILES string of the molecule is CC(O)C12c3ccccc3C(c3ccccc31)[C@H]1C(=O)N(c3cccc(Br)c3)C(=O)C12. The minimum Gasteiger partial charge on any atom is -0.392 e. The van der Waals surface area contributed by atoms with E-state index < -0.39 is 23.4 Å². The smallest absolute Gasteiger partial charge is 0.239 e. The van der Waals surface area contributed by atoms with Gasteiger partial charge in [-0.15, -0.1) is 0 Å². The zero-order valence-corrected chi connectivity index (χ0v) is 18.4. The quantitative estimate of drug-likeness (QED) is 0.561. The third kappa shape index (κ3) is 2.18. The van der Waals surface area contributed by atoms with Crippen LogP contribution in [0.25, 0.3) is 0 Å². The van der Waals surface area contributed by atoms with E-state index in [1.807, 2.05) is 60.7 Å². The summed E-state index contributed by atoms with van der Waals surface area (Å²) in [4.78, 5) is 29.1. The highest BCUT2D eigenvalue weighted by Gasteiger charge is 2.69. The molecule has 3 aromatic carbocycles. The van der Waals surface area contributed by atoms with Gasteiger partial charge in [-0.25, -0.2) is 4.90 Å². The number of anilines is 1. The van der Waals surface area contributed by atoms with Crippen LogP contribution >= 0.6 is 15.9 Å². The third-order valence-electron chi connectivity index (χ3n) is 7.41. The second kappa shape index (κ2) is 6.38.